The maximum Gasteiger partial charge on any atom is 0.310 e. The van der Waals surface area contributed by atoms with E-state index in [1.165, 1.54) is 37.8 Å². The number of hydrogen-bond donors (Lipinski definition) is 1. The van der Waals surface area contributed by atoms with E-state index < -0.39 is 4.92 Å². The molecule has 0 heterocycles. The van der Waals surface area contributed by atoms with E-state index in [4.69, 9.17) is 4.74 Å². The van der Waals surface area contributed by atoms with Gasteiger partial charge in [0.15, 0.2) is 12.4 Å². The number of para-hydroxylation sites is 2. The lowest BCUT2D eigenvalue weighted by Gasteiger charge is -2.32. The Morgan fingerprint density at radius 1 is 1.21 bits per heavy atom. The van der Waals surface area contributed by atoms with Gasteiger partial charge in [-0.1, -0.05) is 18.6 Å². The van der Waals surface area contributed by atoms with Crippen LogP contribution in [0.1, 0.15) is 32.1 Å². The monoisotopic (exact) mass is 330 g/mol. The number of nitrogens with zero attached hydrogens (tertiary/aromatic N) is 1. The van der Waals surface area contributed by atoms with Crippen molar-refractivity contribution in [2.45, 2.75) is 38.1 Å². The molecule has 0 aliphatic heterocycles. The van der Waals surface area contributed by atoms with Crippen LogP contribution in [0.4, 0.5) is 5.69 Å². The van der Waals surface area contributed by atoms with Gasteiger partial charge in [0.05, 0.1) is 4.92 Å². The second kappa shape index (κ2) is 6.07. The third-order valence-electron chi connectivity index (χ3n) is 6.20. The summed E-state index contributed by atoms with van der Waals surface area (Å²) in [6, 6.07) is 6.40. The smallest absolute Gasteiger partial charge is 0.310 e. The van der Waals surface area contributed by atoms with Crippen molar-refractivity contribution in [3.63, 3.8) is 0 Å². The van der Waals surface area contributed by atoms with Crippen LogP contribution in [0.25, 0.3) is 0 Å². The van der Waals surface area contributed by atoms with Crippen molar-refractivity contribution >= 4 is 11.6 Å². The average molecular weight is 330 g/mol. The molecule has 3 fully saturated rings. The minimum absolute atomic E-state index is 0.112. The van der Waals surface area contributed by atoms with Gasteiger partial charge in [0.2, 0.25) is 0 Å². The van der Waals surface area contributed by atoms with E-state index in [-0.39, 0.29) is 30.0 Å². The molecule has 0 spiro atoms. The second-order valence-corrected chi connectivity index (χ2v) is 7.34. The first kappa shape index (κ1) is 15.4. The van der Waals surface area contributed by atoms with Crippen LogP contribution in [-0.2, 0) is 4.79 Å². The van der Waals surface area contributed by atoms with Crippen molar-refractivity contribution in [2.75, 3.05) is 6.61 Å². The third kappa shape index (κ3) is 2.64. The Balaban J connectivity index is 1.33. The molecule has 6 nitrogen and oxygen atoms in total. The molecule has 0 aromatic heterocycles. The van der Waals surface area contributed by atoms with Gasteiger partial charge in [-0.25, -0.2) is 0 Å². The largest absolute Gasteiger partial charge is 0.477 e. The number of nitro benzene ring substituents is 1. The van der Waals surface area contributed by atoms with E-state index >= 15 is 0 Å². The molecule has 24 heavy (non-hydrogen) atoms. The van der Waals surface area contributed by atoms with Gasteiger partial charge in [-0.15, -0.1) is 0 Å². The van der Waals surface area contributed by atoms with Crippen molar-refractivity contribution in [2.24, 2.45) is 23.7 Å². The Kier molecular flexibility index (Phi) is 3.90. The molecule has 3 aliphatic carbocycles. The Hall–Kier alpha value is -2.11. The lowest BCUT2D eigenvalue weighted by atomic mass is 9.79. The van der Waals surface area contributed by atoms with Crippen molar-refractivity contribution in [1.29, 1.82) is 0 Å². The molecule has 128 valence electrons. The van der Waals surface area contributed by atoms with Crippen LogP contribution in [0.3, 0.4) is 0 Å². The molecule has 2 bridgehead atoms. The van der Waals surface area contributed by atoms with Crippen LogP contribution < -0.4 is 10.1 Å². The van der Waals surface area contributed by atoms with Gasteiger partial charge >= 0.3 is 5.69 Å². The molecule has 1 aromatic carbocycles. The van der Waals surface area contributed by atoms with Gasteiger partial charge in [-0.2, -0.15) is 0 Å². The molecule has 3 aliphatic rings. The molecule has 4 rings (SSSR count). The van der Waals surface area contributed by atoms with E-state index in [0.29, 0.717) is 5.92 Å². The quantitative estimate of drug-likeness (QED) is 0.665. The zero-order valence-electron chi connectivity index (χ0n) is 13.5. The van der Waals surface area contributed by atoms with Gasteiger partial charge in [0.1, 0.15) is 0 Å². The molecule has 5 atom stereocenters. The summed E-state index contributed by atoms with van der Waals surface area (Å²) in [6.45, 7) is -0.174. The van der Waals surface area contributed by atoms with Gasteiger partial charge in [0, 0.05) is 12.1 Å². The molecule has 1 amide bonds. The Bertz CT molecular complexity index is 662. The molecular formula is C18H22N2O4. The summed E-state index contributed by atoms with van der Waals surface area (Å²) >= 11 is 0. The highest BCUT2D eigenvalue weighted by Gasteiger charge is 2.53. The summed E-state index contributed by atoms with van der Waals surface area (Å²) in [6.07, 6.45) is 6.36. The van der Waals surface area contributed by atoms with Crippen LogP contribution in [0.5, 0.6) is 5.75 Å². The van der Waals surface area contributed by atoms with E-state index in [0.717, 1.165) is 24.2 Å². The molecule has 0 radical (unpaired) electrons. The summed E-state index contributed by atoms with van der Waals surface area (Å²) in [5.74, 6) is 3.06. The first-order valence-electron chi connectivity index (χ1n) is 8.79. The molecule has 1 aromatic rings. The number of nitrogens with one attached hydrogen (secondary N) is 1. The zero-order chi connectivity index (χ0) is 16.7. The Morgan fingerprint density at radius 2 is 2.00 bits per heavy atom. The number of nitro groups is 1. The van der Waals surface area contributed by atoms with Crippen molar-refractivity contribution in [1.82, 2.24) is 5.32 Å². The first-order chi connectivity index (χ1) is 11.6. The van der Waals surface area contributed by atoms with Gasteiger partial charge in [-0.05, 0) is 55.4 Å². The van der Waals surface area contributed by atoms with Gasteiger partial charge in [0.25, 0.3) is 5.91 Å². The highest BCUT2D eigenvalue weighted by Crippen LogP contribution is 2.58. The zero-order valence-corrected chi connectivity index (χ0v) is 13.5. The predicted molar refractivity (Wildman–Crippen MR) is 87.6 cm³/mol. The van der Waals surface area contributed by atoms with Crippen LogP contribution in [0.2, 0.25) is 0 Å². The number of carbonyl (C=O) groups is 1. The standard InChI is InChI=1S/C18H22N2O4/c21-18(10-24-17-7-2-1-6-16(17)20(22)23)19-15-9-11-8-14(15)13-5-3-4-12(11)13/h1-2,6-7,11-15H,3-5,8-10H2,(H,19,21)/t11-,12+,13+,14+,15-/m1/s1. The fourth-order valence-corrected chi connectivity index (χ4v) is 5.36. The molecule has 3 saturated carbocycles. The maximum atomic E-state index is 12.2. The fraction of sp³-hybridized carbons (Fsp3) is 0.611. The maximum absolute atomic E-state index is 12.2. The topological polar surface area (TPSA) is 81.5 Å². The number of rotatable bonds is 5. The molecular weight excluding hydrogens is 308 g/mol. The minimum atomic E-state index is -0.497. The number of fused-ring (bicyclic) bond motifs is 5. The lowest BCUT2D eigenvalue weighted by Crippen LogP contribution is -2.44. The minimum Gasteiger partial charge on any atom is -0.477 e. The summed E-state index contributed by atoms with van der Waals surface area (Å²) in [7, 11) is 0. The normalized spacial score (nSPS) is 33.2. The first-order valence-corrected chi connectivity index (χ1v) is 8.79. The SMILES string of the molecule is O=C(COc1ccccc1[N+](=O)[O-])N[C@@H]1C[C@H]2C[C@H]1[C@H]1CCC[C@@H]21. The number of hydrogen-bond acceptors (Lipinski definition) is 4. The van der Waals surface area contributed by atoms with Gasteiger partial charge < -0.3 is 10.1 Å². The molecule has 0 saturated heterocycles. The van der Waals surface area contributed by atoms with Crippen LogP contribution in [0.15, 0.2) is 24.3 Å². The molecule has 1 N–H and O–H groups in total. The van der Waals surface area contributed by atoms with Crippen molar-refractivity contribution in [3.05, 3.63) is 34.4 Å². The van der Waals surface area contributed by atoms with Crippen LogP contribution in [0, 0.1) is 33.8 Å². The number of carbonyl (C=O) groups excluding carboxylic acids is 1. The number of amides is 1. The van der Waals surface area contributed by atoms with E-state index in [9.17, 15) is 14.9 Å². The molecule has 6 heteroatoms. The van der Waals surface area contributed by atoms with E-state index in [1.54, 1.807) is 12.1 Å². The Labute approximate surface area is 140 Å². The molecule has 0 unspecified atom stereocenters. The Morgan fingerprint density at radius 3 is 2.83 bits per heavy atom. The lowest BCUT2D eigenvalue weighted by molar-refractivity contribution is -0.385. The fourth-order valence-electron chi connectivity index (χ4n) is 5.36. The second-order valence-electron chi connectivity index (χ2n) is 7.34. The average Bonchev–Trinajstić information content (AvgIpc) is 3.25. The summed E-state index contributed by atoms with van der Waals surface area (Å²) in [5.41, 5.74) is -0.112. The van der Waals surface area contributed by atoms with E-state index in [1.807, 2.05) is 0 Å². The predicted octanol–water partition coefficient (Wildman–Crippen LogP) is 2.91. The summed E-state index contributed by atoms with van der Waals surface area (Å²) in [5, 5.41) is 14.1. The third-order valence-corrected chi connectivity index (χ3v) is 6.20. The summed E-state index contributed by atoms with van der Waals surface area (Å²) in [4.78, 5) is 22.7. The highest BCUT2D eigenvalue weighted by atomic mass is 16.6. The van der Waals surface area contributed by atoms with Crippen molar-refractivity contribution in [3.8, 4) is 5.75 Å². The number of ether oxygens (including phenoxy) is 1. The van der Waals surface area contributed by atoms with Crippen LogP contribution >= 0.6 is 0 Å². The van der Waals surface area contributed by atoms with E-state index in [2.05, 4.69) is 5.32 Å². The number of benzene rings is 1. The van der Waals surface area contributed by atoms with Crippen LogP contribution in [-0.4, -0.2) is 23.5 Å². The van der Waals surface area contributed by atoms with Gasteiger partial charge in [-0.3, -0.25) is 14.9 Å². The summed E-state index contributed by atoms with van der Waals surface area (Å²) < 4.78 is 5.38. The highest BCUT2D eigenvalue weighted by molar-refractivity contribution is 5.78. The van der Waals surface area contributed by atoms with Crippen molar-refractivity contribution < 1.29 is 14.5 Å².